The minimum Gasteiger partial charge on any atom is -0.378 e. The lowest BCUT2D eigenvalue weighted by molar-refractivity contribution is 0.181. The first-order chi connectivity index (χ1) is 9.85. The van der Waals surface area contributed by atoms with Crippen molar-refractivity contribution in [1.29, 1.82) is 0 Å². The predicted octanol–water partition coefficient (Wildman–Crippen LogP) is 2.53. The zero-order valence-electron chi connectivity index (χ0n) is 11.6. The molecule has 0 unspecified atom stereocenters. The smallest absolute Gasteiger partial charge is 0.0977 e. The SMILES string of the molecule is COCc1nc(Cc2cccnc2)sc1CNC1CC1. The number of rotatable bonds is 7. The van der Waals surface area contributed by atoms with E-state index in [2.05, 4.69) is 16.4 Å². The van der Waals surface area contributed by atoms with Gasteiger partial charge in [-0.3, -0.25) is 4.98 Å². The summed E-state index contributed by atoms with van der Waals surface area (Å²) >= 11 is 1.78. The first kappa shape index (κ1) is 13.7. The molecule has 1 saturated carbocycles. The zero-order valence-corrected chi connectivity index (χ0v) is 12.4. The zero-order chi connectivity index (χ0) is 13.8. The van der Waals surface area contributed by atoms with Crippen LogP contribution in [0.5, 0.6) is 0 Å². The predicted molar refractivity (Wildman–Crippen MR) is 79.7 cm³/mol. The molecule has 3 rings (SSSR count). The van der Waals surface area contributed by atoms with Crippen LogP contribution in [0.3, 0.4) is 0 Å². The highest BCUT2D eigenvalue weighted by Crippen LogP contribution is 2.24. The molecule has 2 aromatic heterocycles. The van der Waals surface area contributed by atoms with Crippen LogP contribution in [-0.2, 0) is 24.3 Å². The monoisotopic (exact) mass is 289 g/mol. The van der Waals surface area contributed by atoms with Crippen LogP contribution in [0.4, 0.5) is 0 Å². The van der Waals surface area contributed by atoms with Gasteiger partial charge in [0.05, 0.1) is 17.3 Å². The van der Waals surface area contributed by atoms with Gasteiger partial charge in [-0.05, 0) is 24.5 Å². The maximum absolute atomic E-state index is 5.26. The third kappa shape index (κ3) is 3.62. The molecule has 4 nitrogen and oxygen atoms in total. The Morgan fingerprint density at radius 3 is 3.05 bits per heavy atom. The number of hydrogen-bond donors (Lipinski definition) is 1. The molecule has 0 atom stereocenters. The Bertz CT molecular complexity index is 552. The van der Waals surface area contributed by atoms with E-state index in [4.69, 9.17) is 9.72 Å². The van der Waals surface area contributed by atoms with Gasteiger partial charge in [0, 0.05) is 43.4 Å². The molecule has 5 heteroatoms. The first-order valence-corrected chi connectivity index (χ1v) is 7.75. The molecule has 2 heterocycles. The van der Waals surface area contributed by atoms with E-state index in [0.29, 0.717) is 12.6 Å². The summed E-state index contributed by atoms with van der Waals surface area (Å²) in [6.07, 6.45) is 7.16. The highest BCUT2D eigenvalue weighted by molar-refractivity contribution is 7.11. The molecule has 1 N–H and O–H groups in total. The number of methoxy groups -OCH3 is 1. The third-order valence-corrected chi connectivity index (χ3v) is 4.41. The lowest BCUT2D eigenvalue weighted by Crippen LogP contribution is -2.15. The van der Waals surface area contributed by atoms with Crippen LogP contribution in [0.15, 0.2) is 24.5 Å². The van der Waals surface area contributed by atoms with Gasteiger partial charge in [-0.1, -0.05) is 6.07 Å². The lowest BCUT2D eigenvalue weighted by Gasteiger charge is -2.02. The van der Waals surface area contributed by atoms with Crippen molar-refractivity contribution in [2.24, 2.45) is 0 Å². The molecule has 1 aliphatic rings. The topological polar surface area (TPSA) is 47.0 Å². The van der Waals surface area contributed by atoms with Gasteiger partial charge in [-0.15, -0.1) is 11.3 Å². The molecule has 0 aliphatic heterocycles. The maximum Gasteiger partial charge on any atom is 0.0977 e. The summed E-state index contributed by atoms with van der Waals surface area (Å²) in [5.41, 5.74) is 2.27. The highest BCUT2D eigenvalue weighted by Gasteiger charge is 2.21. The van der Waals surface area contributed by atoms with Crippen molar-refractivity contribution in [1.82, 2.24) is 15.3 Å². The maximum atomic E-state index is 5.26. The van der Waals surface area contributed by atoms with E-state index in [1.165, 1.54) is 23.3 Å². The fourth-order valence-electron chi connectivity index (χ4n) is 2.10. The quantitative estimate of drug-likeness (QED) is 0.851. The number of nitrogens with zero attached hydrogens (tertiary/aromatic N) is 2. The highest BCUT2D eigenvalue weighted by atomic mass is 32.1. The summed E-state index contributed by atoms with van der Waals surface area (Å²) < 4.78 is 5.26. The van der Waals surface area contributed by atoms with Crippen LogP contribution >= 0.6 is 11.3 Å². The molecular formula is C15H19N3OS. The summed E-state index contributed by atoms with van der Waals surface area (Å²) in [7, 11) is 1.72. The largest absolute Gasteiger partial charge is 0.378 e. The van der Waals surface area contributed by atoms with Crippen LogP contribution in [-0.4, -0.2) is 23.1 Å². The number of pyridine rings is 1. The second-order valence-corrected chi connectivity index (χ2v) is 6.27. The van der Waals surface area contributed by atoms with Crippen molar-refractivity contribution < 1.29 is 4.74 Å². The Labute approximate surface area is 123 Å². The number of ether oxygens (including phenoxy) is 1. The Balaban J connectivity index is 1.71. The van der Waals surface area contributed by atoms with Crippen molar-refractivity contribution in [2.75, 3.05) is 7.11 Å². The van der Waals surface area contributed by atoms with Crippen molar-refractivity contribution in [2.45, 2.75) is 38.5 Å². The van der Waals surface area contributed by atoms with Crippen LogP contribution in [0, 0.1) is 0 Å². The van der Waals surface area contributed by atoms with Crippen molar-refractivity contribution in [3.05, 3.63) is 45.7 Å². The summed E-state index contributed by atoms with van der Waals surface area (Å²) in [5.74, 6) is 0. The van der Waals surface area contributed by atoms with E-state index in [1.54, 1.807) is 24.6 Å². The fraction of sp³-hybridized carbons (Fsp3) is 0.467. The van der Waals surface area contributed by atoms with E-state index in [1.807, 2.05) is 12.3 Å². The molecule has 0 saturated heterocycles. The summed E-state index contributed by atoms with van der Waals surface area (Å²) in [5, 5.41) is 4.69. The Morgan fingerprint density at radius 1 is 1.45 bits per heavy atom. The van der Waals surface area contributed by atoms with Crippen LogP contribution in [0.1, 0.15) is 34.0 Å². The Kier molecular flexibility index (Phi) is 4.40. The Hall–Kier alpha value is -1.30. The van der Waals surface area contributed by atoms with E-state index in [-0.39, 0.29) is 0 Å². The molecule has 106 valence electrons. The number of aromatic nitrogens is 2. The lowest BCUT2D eigenvalue weighted by atomic mass is 10.2. The first-order valence-electron chi connectivity index (χ1n) is 6.94. The number of thiazole rings is 1. The molecule has 1 aliphatic carbocycles. The van der Waals surface area contributed by atoms with Crippen molar-refractivity contribution in [3.8, 4) is 0 Å². The molecular weight excluding hydrogens is 270 g/mol. The van der Waals surface area contributed by atoms with Gasteiger partial charge in [0.15, 0.2) is 0 Å². The molecule has 0 spiro atoms. The fourth-order valence-corrected chi connectivity index (χ4v) is 3.16. The van der Waals surface area contributed by atoms with Gasteiger partial charge in [0.1, 0.15) is 0 Å². The Morgan fingerprint density at radius 2 is 2.35 bits per heavy atom. The van der Waals surface area contributed by atoms with Crippen LogP contribution in [0.2, 0.25) is 0 Å². The molecule has 20 heavy (non-hydrogen) atoms. The number of nitrogens with one attached hydrogen (secondary N) is 1. The summed E-state index contributed by atoms with van der Waals surface area (Å²) in [6.45, 7) is 1.50. The van der Waals surface area contributed by atoms with E-state index >= 15 is 0 Å². The van der Waals surface area contributed by atoms with Crippen LogP contribution in [0.25, 0.3) is 0 Å². The van der Waals surface area contributed by atoms with Crippen LogP contribution < -0.4 is 5.32 Å². The van der Waals surface area contributed by atoms with Gasteiger partial charge in [-0.25, -0.2) is 4.98 Å². The van der Waals surface area contributed by atoms with Gasteiger partial charge in [-0.2, -0.15) is 0 Å². The molecule has 2 aromatic rings. The average Bonchev–Trinajstić information content (AvgIpc) is 3.22. The number of hydrogen-bond acceptors (Lipinski definition) is 5. The van der Waals surface area contributed by atoms with E-state index in [0.717, 1.165) is 23.7 Å². The molecule has 0 aromatic carbocycles. The van der Waals surface area contributed by atoms with Gasteiger partial charge < -0.3 is 10.1 Å². The average molecular weight is 289 g/mol. The minimum atomic E-state index is 0.589. The second kappa shape index (κ2) is 6.43. The third-order valence-electron chi connectivity index (χ3n) is 3.31. The molecule has 0 bridgehead atoms. The molecule has 1 fully saturated rings. The standard InChI is InChI=1S/C15H19N3OS/c1-19-10-13-14(9-17-12-4-5-12)20-15(18-13)7-11-3-2-6-16-8-11/h2-3,6,8,12,17H,4-5,7,9-10H2,1H3. The molecule has 0 amide bonds. The second-order valence-electron chi connectivity index (χ2n) is 5.10. The van der Waals surface area contributed by atoms with Crippen molar-refractivity contribution >= 4 is 11.3 Å². The minimum absolute atomic E-state index is 0.589. The van der Waals surface area contributed by atoms with Gasteiger partial charge >= 0.3 is 0 Å². The van der Waals surface area contributed by atoms with Gasteiger partial charge in [0.25, 0.3) is 0 Å². The normalized spacial score (nSPS) is 14.7. The van der Waals surface area contributed by atoms with Crippen molar-refractivity contribution in [3.63, 3.8) is 0 Å². The van der Waals surface area contributed by atoms with E-state index < -0.39 is 0 Å². The molecule has 0 radical (unpaired) electrons. The summed E-state index contributed by atoms with van der Waals surface area (Å²) in [6, 6.07) is 4.77. The van der Waals surface area contributed by atoms with E-state index in [9.17, 15) is 0 Å². The van der Waals surface area contributed by atoms with Gasteiger partial charge in [0.2, 0.25) is 0 Å². The summed E-state index contributed by atoms with van der Waals surface area (Å²) in [4.78, 5) is 10.2.